The number of hydrogen-bond acceptors (Lipinski definition) is 15. The molecule has 16 heteroatoms. The number of ether oxygens (including phenoxy) is 6. The van der Waals surface area contributed by atoms with Crippen molar-refractivity contribution in [2.75, 3.05) is 6.61 Å². The maximum absolute atomic E-state index is 15.1. The first-order valence-electron chi connectivity index (χ1n) is 20.7. The number of nitrogens with one attached hydrogen (secondary N) is 1. The Bertz CT molecular complexity index is 2110. The van der Waals surface area contributed by atoms with Crippen molar-refractivity contribution in [3.63, 3.8) is 0 Å². The summed E-state index contributed by atoms with van der Waals surface area (Å²) in [6.07, 6.45) is -11.2. The monoisotopic (exact) mass is 847 g/mol. The van der Waals surface area contributed by atoms with Crippen LogP contribution in [0, 0.1) is 16.7 Å². The Labute approximate surface area is 352 Å². The van der Waals surface area contributed by atoms with E-state index in [0.717, 1.165) is 19.8 Å². The number of aliphatic hydroxyl groups excluding tert-OH is 3. The molecule has 7 rings (SSSR count). The quantitative estimate of drug-likeness (QED) is 0.104. The Morgan fingerprint density at radius 2 is 1.61 bits per heavy atom. The van der Waals surface area contributed by atoms with Crippen LogP contribution < -0.4 is 5.32 Å². The zero-order valence-electron chi connectivity index (χ0n) is 35.0. The number of hydrogen-bond donors (Lipinski definition) is 4. The van der Waals surface area contributed by atoms with Gasteiger partial charge in [0.1, 0.15) is 12.2 Å². The van der Waals surface area contributed by atoms with Crippen LogP contribution in [0.25, 0.3) is 0 Å². The third kappa shape index (κ3) is 6.91. The lowest BCUT2D eigenvalue weighted by atomic mass is 9.44. The summed E-state index contributed by atoms with van der Waals surface area (Å²) in [4.78, 5) is 83.8. The van der Waals surface area contributed by atoms with Gasteiger partial charge in [0.05, 0.1) is 35.6 Å². The van der Waals surface area contributed by atoms with E-state index in [2.05, 4.69) is 5.32 Å². The maximum Gasteiger partial charge on any atom is 0.509 e. The van der Waals surface area contributed by atoms with Gasteiger partial charge in [-0.25, -0.2) is 14.4 Å². The second-order valence-corrected chi connectivity index (χ2v) is 17.4. The number of unbranched alkanes of at least 4 members (excludes halogenated alkanes) is 2. The summed E-state index contributed by atoms with van der Waals surface area (Å²) in [7, 11) is 0. The lowest BCUT2D eigenvalue weighted by molar-refractivity contribution is -0.345. The molecule has 0 unspecified atom stereocenters. The van der Waals surface area contributed by atoms with Gasteiger partial charge >= 0.3 is 24.1 Å². The Kier molecular flexibility index (Phi) is 11.7. The summed E-state index contributed by atoms with van der Waals surface area (Å²) < 4.78 is 36.7. The van der Waals surface area contributed by atoms with Gasteiger partial charge in [-0.15, -0.1) is 0 Å². The third-order valence-corrected chi connectivity index (χ3v) is 13.7. The van der Waals surface area contributed by atoms with Crippen LogP contribution >= 0.6 is 0 Å². The fraction of sp³-hybridized carbons (Fsp3) is 0.556. The number of ketones is 1. The van der Waals surface area contributed by atoms with Gasteiger partial charge in [0.2, 0.25) is 11.5 Å². The molecular weight excluding hydrogens is 794 g/mol. The molecule has 328 valence electrons. The lowest BCUT2D eigenvalue weighted by Crippen LogP contribution is -2.83. The molecule has 2 aromatic carbocycles. The minimum Gasteiger partial charge on any atom is -0.454 e. The number of carbonyl (C=O) groups excluding carboxylic acids is 6. The Hall–Kier alpha value is -5.16. The van der Waals surface area contributed by atoms with Crippen molar-refractivity contribution >= 4 is 35.8 Å². The molecule has 61 heavy (non-hydrogen) atoms. The van der Waals surface area contributed by atoms with Gasteiger partial charge in [0.15, 0.2) is 35.8 Å². The van der Waals surface area contributed by atoms with Crippen molar-refractivity contribution in [1.82, 2.24) is 5.32 Å². The smallest absolute Gasteiger partial charge is 0.454 e. The normalized spacial score (nSPS) is 34.3. The van der Waals surface area contributed by atoms with Crippen molar-refractivity contribution in [3.05, 3.63) is 82.9 Å². The van der Waals surface area contributed by atoms with Crippen LogP contribution in [0.15, 0.2) is 71.8 Å². The number of benzene rings is 2. The van der Waals surface area contributed by atoms with Gasteiger partial charge in [0.25, 0.3) is 0 Å². The molecule has 2 aliphatic heterocycles. The molecule has 2 saturated heterocycles. The van der Waals surface area contributed by atoms with E-state index < -0.39 is 112 Å². The number of esters is 3. The predicted octanol–water partition coefficient (Wildman–Crippen LogP) is 3.58. The topological polar surface area (TPSA) is 231 Å². The molecule has 5 aliphatic rings. The highest BCUT2D eigenvalue weighted by molar-refractivity contribution is 5.94. The first-order valence-corrected chi connectivity index (χ1v) is 20.7. The first-order chi connectivity index (χ1) is 28.9. The predicted molar refractivity (Wildman–Crippen MR) is 211 cm³/mol. The molecule has 1 spiro atoms. The van der Waals surface area contributed by atoms with Crippen LogP contribution in [-0.2, 0) is 47.6 Å². The fourth-order valence-corrected chi connectivity index (χ4v) is 10.7. The van der Waals surface area contributed by atoms with Gasteiger partial charge in [-0.3, -0.25) is 14.4 Å². The molecule has 2 aromatic rings. The standard InChI is InChI=1S/C45H53NO15/c1-7-8-11-20-29(49)46-31(25-16-12-9-13-17-25)33(51)40(54)57-34-23(2)30-32(50)36(52)43(6)27(48)21-28-44(22-56-28,60-24(3)47)35(43)38(58-39(53)26-18-14-10-15-19-26)45(42(30,4)5)37(34)59-41(55)61-45/h9-10,12-19,27-28,31-35,37-38,48,50-51H,7-8,11,20-22H2,1-6H3,(H,46,49)/t27-,28+,31-,32+,33+,34+,35-,37-,38-,43+,44-,45+/m0/s1. The van der Waals surface area contributed by atoms with Crippen molar-refractivity contribution in [2.45, 2.75) is 134 Å². The Morgan fingerprint density at radius 1 is 0.951 bits per heavy atom. The van der Waals surface area contributed by atoms with E-state index >= 15 is 4.79 Å². The van der Waals surface area contributed by atoms with Crippen LogP contribution in [0.3, 0.4) is 0 Å². The molecule has 12 atom stereocenters. The van der Waals surface area contributed by atoms with Gasteiger partial charge in [-0.05, 0) is 49.1 Å². The number of carbonyl (C=O) groups is 6. The summed E-state index contributed by atoms with van der Waals surface area (Å²) in [5.74, 6) is -5.99. The molecule has 3 aliphatic carbocycles. The maximum atomic E-state index is 15.1. The summed E-state index contributed by atoms with van der Waals surface area (Å²) >= 11 is 0. The van der Waals surface area contributed by atoms with E-state index in [9.17, 15) is 39.3 Å². The van der Waals surface area contributed by atoms with Gasteiger partial charge in [-0.1, -0.05) is 82.1 Å². The van der Waals surface area contributed by atoms with Crippen LogP contribution in [-0.4, -0.2) is 112 Å². The molecule has 4 N–H and O–H groups in total. The van der Waals surface area contributed by atoms with E-state index in [1.807, 2.05) is 6.92 Å². The van der Waals surface area contributed by atoms with Crippen LogP contribution in [0.5, 0.6) is 0 Å². The lowest BCUT2D eigenvalue weighted by Gasteiger charge is -2.67. The fourth-order valence-electron chi connectivity index (χ4n) is 10.7. The average molecular weight is 848 g/mol. The highest BCUT2D eigenvalue weighted by atomic mass is 16.8. The van der Waals surface area contributed by atoms with Crippen molar-refractivity contribution in [2.24, 2.45) is 16.7 Å². The number of aliphatic hydroxyl groups is 3. The van der Waals surface area contributed by atoms with Gasteiger partial charge < -0.3 is 49.1 Å². The largest absolute Gasteiger partial charge is 0.509 e. The van der Waals surface area contributed by atoms with Crippen LogP contribution in [0.4, 0.5) is 4.79 Å². The van der Waals surface area contributed by atoms with Crippen molar-refractivity contribution in [1.29, 1.82) is 0 Å². The minimum atomic E-state index is -2.32. The van der Waals surface area contributed by atoms with E-state index in [1.54, 1.807) is 62.4 Å². The van der Waals surface area contributed by atoms with Crippen molar-refractivity contribution < 1.29 is 72.5 Å². The minimum absolute atomic E-state index is 0.0465. The summed E-state index contributed by atoms with van der Waals surface area (Å²) in [6, 6.07) is 14.8. The zero-order chi connectivity index (χ0) is 44.2. The molecule has 2 bridgehead atoms. The molecule has 4 fully saturated rings. The zero-order valence-corrected chi connectivity index (χ0v) is 35.0. The Balaban J connectivity index is 1.40. The second-order valence-electron chi connectivity index (χ2n) is 17.4. The van der Waals surface area contributed by atoms with Crippen LogP contribution in [0.1, 0.15) is 95.6 Å². The first kappa shape index (κ1) is 43.9. The number of fused-ring (bicyclic) bond motifs is 4. The SMILES string of the molecule is CCCCCC(=O)N[C@@H](c1ccccc1)[C@@H](O)C(=O)O[C@@H]1C(C)=C2[C@@H](O)C(=O)[C@@]3(C)[C@H]([C@H](OC(=O)c4ccccc4)[C@@]4(OC(=O)O[C@@H]14)C2(C)C)[C@]1(OC(C)=O)CO[C@@H]1C[C@@H]3O. The molecule has 16 nitrogen and oxygen atoms in total. The third-order valence-electron chi connectivity index (χ3n) is 13.7. The summed E-state index contributed by atoms with van der Waals surface area (Å²) in [5, 5.41) is 38.9. The molecular formula is C45H53NO15. The highest BCUT2D eigenvalue weighted by Crippen LogP contribution is 2.66. The highest BCUT2D eigenvalue weighted by Gasteiger charge is 2.83. The van der Waals surface area contributed by atoms with E-state index in [-0.39, 0.29) is 36.2 Å². The second kappa shape index (κ2) is 16.3. The molecule has 2 heterocycles. The molecule has 2 saturated carbocycles. The molecule has 1 amide bonds. The van der Waals surface area contributed by atoms with E-state index in [0.29, 0.717) is 12.0 Å². The Morgan fingerprint density at radius 3 is 2.21 bits per heavy atom. The number of amides is 1. The van der Waals surface area contributed by atoms with E-state index in [4.69, 9.17) is 28.4 Å². The average Bonchev–Trinajstić information content (AvgIpc) is 3.59. The number of Topliss-reactive ketones (excluding diaryl/α,β-unsaturated/α-hetero) is 1. The molecule has 0 aromatic heterocycles. The summed E-state index contributed by atoms with van der Waals surface area (Å²) in [5.41, 5.74) is -7.53. The van der Waals surface area contributed by atoms with Crippen LogP contribution in [0.2, 0.25) is 0 Å². The number of rotatable bonds is 12. The molecule has 0 radical (unpaired) electrons. The van der Waals surface area contributed by atoms with E-state index in [1.165, 1.54) is 26.0 Å². The van der Waals surface area contributed by atoms with Gasteiger partial charge in [-0.2, -0.15) is 0 Å². The van der Waals surface area contributed by atoms with Gasteiger partial charge in [0, 0.05) is 25.2 Å². The van der Waals surface area contributed by atoms with Crippen molar-refractivity contribution in [3.8, 4) is 0 Å². The summed E-state index contributed by atoms with van der Waals surface area (Å²) in [6.45, 7) is 8.71.